The molecule has 0 amide bonds. The topological polar surface area (TPSA) is 0 Å². The van der Waals surface area contributed by atoms with E-state index in [9.17, 15) is 13.2 Å². The Kier molecular flexibility index (Phi) is 5.01. The lowest BCUT2D eigenvalue weighted by Gasteiger charge is -2.14. The van der Waals surface area contributed by atoms with Crippen LogP contribution in [-0.2, 0) is 6.18 Å². The van der Waals surface area contributed by atoms with Gasteiger partial charge < -0.3 is 0 Å². The summed E-state index contributed by atoms with van der Waals surface area (Å²) in [6, 6.07) is 16.4. The van der Waals surface area contributed by atoms with Crippen LogP contribution in [0.5, 0.6) is 0 Å². The maximum absolute atomic E-state index is 12.8. The van der Waals surface area contributed by atoms with Crippen LogP contribution in [0.1, 0.15) is 5.56 Å². The molecule has 1 radical (unpaired) electrons. The van der Waals surface area contributed by atoms with Crippen LogP contribution in [0.2, 0.25) is 15.1 Å². The van der Waals surface area contributed by atoms with Crippen LogP contribution in [0, 0.1) is 6.07 Å². The van der Waals surface area contributed by atoms with E-state index in [-0.39, 0.29) is 5.02 Å². The first-order valence-corrected chi connectivity index (χ1v) is 8.23. The molecule has 0 nitrogen and oxygen atoms in total. The van der Waals surface area contributed by atoms with Crippen LogP contribution in [-0.4, -0.2) is 0 Å². The average molecular weight is 401 g/mol. The van der Waals surface area contributed by atoms with Gasteiger partial charge in [0.2, 0.25) is 0 Å². The Morgan fingerprint density at radius 3 is 2.04 bits per heavy atom. The summed E-state index contributed by atoms with van der Waals surface area (Å²) >= 11 is 18.2. The van der Waals surface area contributed by atoms with E-state index < -0.39 is 11.7 Å². The molecule has 0 aliphatic rings. The second-order valence-electron chi connectivity index (χ2n) is 5.32. The first-order valence-electron chi connectivity index (χ1n) is 7.09. The molecule has 0 aliphatic carbocycles. The molecule has 0 saturated heterocycles. The normalized spacial score (nSPS) is 11.6. The monoisotopic (exact) mass is 399 g/mol. The summed E-state index contributed by atoms with van der Waals surface area (Å²) in [5, 5.41) is 0.920. The van der Waals surface area contributed by atoms with Crippen molar-refractivity contribution in [3.05, 3.63) is 81.3 Å². The highest BCUT2D eigenvalue weighted by molar-refractivity contribution is 6.35. The van der Waals surface area contributed by atoms with Crippen LogP contribution in [0.3, 0.4) is 0 Å². The van der Waals surface area contributed by atoms with E-state index in [4.69, 9.17) is 34.8 Å². The van der Waals surface area contributed by atoms with Crippen molar-refractivity contribution in [3.63, 3.8) is 0 Å². The molecule has 0 saturated carbocycles. The lowest BCUT2D eigenvalue weighted by atomic mass is 9.94. The Labute approximate surface area is 157 Å². The molecule has 127 valence electrons. The van der Waals surface area contributed by atoms with Crippen molar-refractivity contribution in [1.29, 1.82) is 0 Å². The van der Waals surface area contributed by atoms with Crippen LogP contribution in [0.4, 0.5) is 13.2 Å². The van der Waals surface area contributed by atoms with Gasteiger partial charge in [0.1, 0.15) is 0 Å². The zero-order chi connectivity index (χ0) is 18.2. The molecule has 0 N–H and O–H groups in total. The van der Waals surface area contributed by atoms with E-state index in [2.05, 4.69) is 6.07 Å². The predicted octanol–water partition coefficient (Wildman–Crippen LogP) is 7.80. The lowest BCUT2D eigenvalue weighted by molar-refractivity contribution is -0.137. The van der Waals surface area contributed by atoms with E-state index in [1.54, 1.807) is 36.4 Å². The van der Waals surface area contributed by atoms with E-state index in [0.29, 0.717) is 21.2 Å². The molecule has 3 aromatic rings. The summed E-state index contributed by atoms with van der Waals surface area (Å²) in [7, 11) is 0. The van der Waals surface area contributed by atoms with Gasteiger partial charge in [-0.2, -0.15) is 13.2 Å². The van der Waals surface area contributed by atoms with Crippen molar-refractivity contribution >= 4 is 34.8 Å². The van der Waals surface area contributed by atoms with Crippen LogP contribution in [0.25, 0.3) is 22.3 Å². The summed E-state index contributed by atoms with van der Waals surface area (Å²) in [5.41, 5.74) is 1.79. The first kappa shape index (κ1) is 18.1. The highest BCUT2D eigenvalue weighted by atomic mass is 35.5. The van der Waals surface area contributed by atoms with Crippen molar-refractivity contribution in [2.75, 3.05) is 0 Å². The molecule has 3 rings (SSSR count). The SMILES string of the molecule is FC(F)(F)c1ccc(-c2c[c]ccc2-c2cc(Cl)cc(Cl)c2)c(Cl)c1. The van der Waals surface area contributed by atoms with Gasteiger partial charge in [0, 0.05) is 20.6 Å². The molecule has 0 aromatic heterocycles. The summed E-state index contributed by atoms with van der Waals surface area (Å²) in [4.78, 5) is 0. The van der Waals surface area contributed by atoms with Crippen molar-refractivity contribution in [3.8, 4) is 22.3 Å². The summed E-state index contributed by atoms with van der Waals surface area (Å²) in [5.74, 6) is 0. The smallest absolute Gasteiger partial charge is 0.166 e. The first-order chi connectivity index (χ1) is 11.8. The second-order valence-corrected chi connectivity index (χ2v) is 6.60. The number of hydrogen-bond donors (Lipinski definition) is 0. The fraction of sp³-hybridized carbons (Fsp3) is 0.0526. The van der Waals surface area contributed by atoms with Gasteiger partial charge in [0.25, 0.3) is 0 Å². The third-order valence-corrected chi connectivity index (χ3v) is 4.37. The fourth-order valence-electron chi connectivity index (χ4n) is 2.52. The third kappa shape index (κ3) is 3.95. The van der Waals surface area contributed by atoms with E-state index in [0.717, 1.165) is 23.3 Å². The minimum Gasteiger partial charge on any atom is -0.166 e. The Bertz CT molecular complexity index is 913. The van der Waals surface area contributed by atoms with Gasteiger partial charge >= 0.3 is 6.18 Å². The Morgan fingerprint density at radius 1 is 0.760 bits per heavy atom. The van der Waals surface area contributed by atoms with Crippen molar-refractivity contribution in [2.45, 2.75) is 6.18 Å². The molecule has 0 heterocycles. The number of alkyl halides is 3. The number of hydrogen-bond acceptors (Lipinski definition) is 0. The number of benzene rings is 3. The molecule has 6 heteroatoms. The largest absolute Gasteiger partial charge is 0.416 e. The molecule has 0 unspecified atom stereocenters. The quantitative estimate of drug-likeness (QED) is 0.411. The maximum atomic E-state index is 12.8. The van der Waals surface area contributed by atoms with Gasteiger partial charge in [0.05, 0.1) is 5.56 Å². The molecular formula is C19H9Cl3F3. The maximum Gasteiger partial charge on any atom is 0.416 e. The standard InChI is InChI=1S/C19H9Cl3F3/c20-13-7-11(8-14(21)10-13)15-3-1-2-4-16(15)17-6-5-12(9-18(17)22)19(23,24)25/h1,3-10H. The van der Waals surface area contributed by atoms with Crippen LogP contribution in [0.15, 0.2) is 54.6 Å². The van der Waals surface area contributed by atoms with Crippen molar-refractivity contribution < 1.29 is 13.2 Å². The molecule has 0 bridgehead atoms. The van der Waals surface area contributed by atoms with E-state index >= 15 is 0 Å². The minimum atomic E-state index is -4.45. The fourth-order valence-corrected chi connectivity index (χ4v) is 3.33. The van der Waals surface area contributed by atoms with Crippen LogP contribution < -0.4 is 0 Å². The summed E-state index contributed by atoms with van der Waals surface area (Å²) < 4.78 is 38.5. The number of halogens is 6. The Morgan fingerprint density at radius 2 is 1.44 bits per heavy atom. The van der Waals surface area contributed by atoms with Gasteiger partial charge in [0.15, 0.2) is 0 Å². The molecule has 0 spiro atoms. The predicted molar refractivity (Wildman–Crippen MR) is 96.2 cm³/mol. The number of rotatable bonds is 2. The van der Waals surface area contributed by atoms with Gasteiger partial charge in [-0.15, -0.1) is 0 Å². The average Bonchev–Trinajstić information content (AvgIpc) is 2.53. The minimum absolute atomic E-state index is 0.00352. The van der Waals surface area contributed by atoms with Gasteiger partial charge in [-0.3, -0.25) is 0 Å². The van der Waals surface area contributed by atoms with Crippen LogP contribution >= 0.6 is 34.8 Å². The second kappa shape index (κ2) is 6.91. The zero-order valence-electron chi connectivity index (χ0n) is 12.5. The Balaban J connectivity index is 2.17. The van der Waals surface area contributed by atoms with Crippen molar-refractivity contribution in [1.82, 2.24) is 0 Å². The van der Waals surface area contributed by atoms with Gasteiger partial charge in [-0.1, -0.05) is 53.0 Å². The highest BCUT2D eigenvalue weighted by Crippen LogP contribution is 2.40. The summed E-state index contributed by atoms with van der Waals surface area (Å²) in [6.07, 6.45) is -4.45. The Hall–Kier alpha value is -1.68. The van der Waals surface area contributed by atoms with Gasteiger partial charge in [-0.05, 0) is 59.2 Å². The molecule has 0 atom stereocenters. The summed E-state index contributed by atoms with van der Waals surface area (Å²) in [6.45, 7) is 0. The third-order valence-electron chi connectivity index (χ3n) is 3.62. The van der Waals surface area contributed by atoms with Gasteiger partial charge in [-0.25, -0.2) is 0 Å². The molecule has 3 aromatic carbocycles. The highest BCUT2D eigenvalue weighted by Gasteiger charge is 2.31. The molecule has 0 aliphatic heterocycles. The molecule has 25 heavy (non-hydrogen) atoms. The lowest BCUT2D eigenvalue weighted by Crippen LogP contribution is -2.04. The van der Waals surface area contributed by atoms with E-state index in [1.807, 2.05) is 0 Å². The molecule has 0 fully saturated rings. The molecular weight excluding hydrogens is 392 g/mol. The van der Waals surface area contributed by atoms with E-state index in [1.165, 1.54) is 6.07 Å². The van der Waals surface area contributed by atoms with Crippen molar-refractivity contribution in [2.24, 2.45) is 0 Å². The zero-order valence-corrected chi connectivity index (χ0v) is 14.7.